The van der Waals surface area contributed by atoms with E-state index in [9.17, 15) is 14.7 Å². The van der Waals surface area contributed by atoms with E-state index in [2.05, 4.69) is 26.0 Å². The minimum Gasteiger partial charge on any atom is -0.462 e. The molecule has 1 atom stereocenters. The second kappa shape index (κ2) is 55.0. The van der Waals surface area contributed by atoms with Gasteiger partial charge in [0.1, 0.15) is 6.61 Å². The number of carbonyl (C=O) groups excluding carboxylic acids is 2. The molecule has 5 heteroatoms. The zero-order valence-corrected chi connectivity index (χ0v) is 42.9. The Morgan fingerprint density at radius 1 is 0.349 bits per heavy atom. The van der Waals surface area contributed by atoms with E-state index in [0.717, 1.165) is 32.1 Å². The fourth-order valence-electron chi connectivity index (χ4n) is 8.97. The minimum atomic E-state index is -0.767. The van der Waals surface area contributed by atoms with Crippen LogP contribution in [0.2, 0.25) is 0 Å². The number of hydrogen-bond acceptors (Lipinski definition) is 5. The van der Waals surface area contributed by atoms with Crippen LogP contribution in [-0.4, -0.2) is 36.4 Å². The van der Waals surface area contributed by atoms with Crippen LogP contribution in [0.5, 0.6) is 0 Å². The van der Waals surface area contributed by atoms with Gasteiger partial charge in [-0.1, -0.05) is 289 Å². The van der Waals surface area contributed by atoms with Gasteiger partial charge in [0.05, 0.1) is 6.61 Å². The van der Waals surface area contributed by atoms with Gasteiger partial charge < -0.3 is 14.6 Å². The molecule has 5 nitrogen and oxygen atoms in total. The summed E-state index contributed by atoms with van der Waals surface area (Å²) in [5, 5.41) is 9.65. The first kappa shape index (κ1) is 61.6. The maximum atomic E-state index is 12.3. The van der Waals surface area contributed by atoms with E-state index in [1.807, 2.05) is 0 Å². The molecule has 0 bridgehead atoms. The lowest BCUT2D eigenvalue weighted by molar-refractivity contribution is -0.161. The van der Waals surface area contributed by atoms with E-state index >= 15 is 0 Å². The monoisotopic (exact) mass is 889 g/mol. The Labute approximate surface area is 394 Å². The van der Waals surface area contributed by atoms with Crippen LogP contribution >= 0.6 is 0 Å². The molecule has 0 aromatic rings. The summed E-state index contributed by atoms with van der Waals surface area (Å²) in [6.45, 7) is 4.20. The van der Waals surface area contributed by atoms with E-state index < -0.39 is 6.10 Å². The van der Waals surface area contributed by atoms with Crippen LogP contribution in [0.3, 0.4) is 0 Å². The third-order valence-corrected chi connectivity index (χ3v) is 13.3. The number of unbranched alkanes of at least 4 members (excludes halogenated alkanes) is 44. The van der Waals surface area contributed by atoms with Gasteiger partial charge >= 0.3 is 11.9 Å². The van der Waals surface area contributed by atoms with Crippen LogP contribution in [0.15, 0.2) is 12.2 Å². The number of aliphatic hydroxyl groups excluding tert-OH is 1. The van der Waals surface area contributed by atoms with E-state index in [4.69, 9.17) is 9.47 Å². The summed E-state index contributed by atoms with van der Waals surface area (Å²) in [5.74, 6) is -0.568. The molecule has 1 N–H and O–H groups in total. The molecular weight excluding hydrogens is 777 g/mol. The van der Waals surface area contributed by atoms with Crippen LogP contribution in [0.1, 0.15) is 328 Å². The van der Waals surface area contributed by atoms with E-state index in [-0.39, 0.29) is 25.2 Å². The zero-order valence-electron chi connectivity index (χ0n) is 42.9. The summed E-state index contributed by atoms with van der Waals surface area (Å²) >= 11 is 0. The molecule has 0 saturated heterocycles. The Balaban J connectivity index is 3.41. The summed E-state index contributed by atoms with van der Waals surface area (Å²) in [6, 6.07) is 0. The first-order valence-corrected chi connectivity index (χ1v) is 28.7. The molecule has 1 unspecified atom stereocenters. The highest BCUT2D eigenvalue weighted by molar-refractivity contribution is 5.70. The van der Waals surface area contributed by atoms with Gasteiger partial charge in [-0.25, -0.2) is 0 Å². The van der Waals surface area contributed by atoms with Crippen LogP contribution in [0, 0.1) is 0 Å². The van der Waals surface area contributed by atoms with Crippen LogP contribution in [0.4, 0.5) is 0 Å². The predicted molar refractivity (Wildman–Crippen MR) is 275 cm³/mol. The summed E-state index contributed by atoms with van der Waals surface area (Å²) in [6.07, 6.45) is 67.6. The molecule has 0 rings (SSSR count). The Morgan fingerprint density at radius 2 is 0.587 bits per heavy atom. The molecule has 0 heterocycles. The summed E-state index contributed by atoms with van der Waals surface area (Å²) in [7, 11) is 0. The van der Waals surface area contributed by atoms with Crippen LogP contribution in [-0.2, 0) is 19.1 Å². The van der Waals surface area contributed by atoms with Crippen molar-refractivity contribution in [1.82, 2.24) is 0 Å². The van der Waals surface area contributed by atoms with Gasteiger partial charge in [-0.3, -0.25) is 9.59 Å². The van der Waals surface area contributed by atoms with E-state index in [0.29, 0.717) is 12.8 Å². The van der Waals surface area contributed by atoms with Crippen molar-refractivity contribution in [2.45, 2.75) is 335 Å². The average Bonchev–Trinajstić information content (AvgIpc) is 3.29. The van der Waals surface area contributed by atoms with Crippen LogP contribution < -0.4 is 0 Å². The molecule has 0 amide bonds. The lowest BCUT2D eigenvalue weighted by atomic mass is 10.0. The van der Waals surface area contributed by atoms with E-state index in [1.54, 1.807) is 0 Å². The van der Waals surface area contributed by atoms with Crippen molar-refractivity contribution >= 4 is 11.9 Å². The third kappa shape index (κ3) is 53.1. The molecule has 0 aromatic heterocycles. The minimum absolute atomic E-state index is 0.0580. The molecular formula is C58H112O5. The smallest absolute Gasteiger partial charge is 0.306 e. The van der Waals surface area contributed by atoms with Crippen molar-refractivity contribution < 1.29 is 24.2 Å². The Kier molecular flexibility index (Phi) is 53.8. The van der Waals surface area contributed by atoms with Gasteiger partial charge in [0.15, 0.2) is 6.10 Å². The second-order valence-electron chi connectivity index (χ2n) is 19.7. The molecule has 0 aliphatic carbocycles. The molecule has 0 spiro atoms. The first-order chi connectivity index (χ1) is 31.1. The zero-order chi connectivity index (χ0) is 45.6. The van der Waals surface area contributed by atoms with E-state index in [1.165, 1.54) is 270 Å². The number of ether oxygens (including phenoxy) is 2. The predicted octanol–water partition coefficient (Wildman–Crippen LogP) is 19.1. The van der Waals surface area contributed by atoms with Crippen molar-refractivity contribution in [2.24, 2.45) is 0 Å². The van der Waals surface area contributed by atoms with Crippen LogP contribution in [0.25, 0.3) is 0 Å². The van der Waals surface area contributed by atoms with Crippen molar-refractivity contribution in [2.75, 3.05) is 13.2 Å². The Hall–Kier alpha value is -1.36. The number of allylic oxidation sites excluding steroid dienone is 2. The van der Waals surface area contributed by atoms with Gasteiger partial charge in [-0.15, -0.1) is 0 Å². The average molecular weight is 890 g/mol. The van der Waals surface area contributed by atoms with Gasteiger partial charge in [0, 0.05) is 12.8 Å². The fraction of sp³-hybridized carbons (Fsp3) is 0.931. The molecule has 0 radical (unpaired) electrons. The largest absolute Gasteiger partial charge is 0.462 e. The SMILES string of the molecule is CCCCCCCCCC/C=C\CCCCCCCCCCCCCCCC(=O)OC(CO)COC(=O)CCCCCCCCCCCCCCCCCCCCCCCCCC. The van der Waals surface area contributed by atoms with Gasteiger partial charge in [-0.05, 0) is 38.5 Å². The van der Waals surface area contributed by atoms with Crippen molar-refractivity contribution in [3.8, 4) is 0 Å². The Bertz CT molecular complexity index is 917. The van der Waals surface area contributed by atoms with Gasteiger partial charge in [0.2, 0.25) is 0 Å². The number of aliphatic hydroxyl groups is 1. The quantitative estimate of drug-likeness (QED) is 0.0374. The molecule has 0 aliphatic heterocycles. The lowest BCUT2D eigenvalue weighted by Crippen LogP contribution is -2.28. The number of esters is 2. The molecule has 374 valence electrons. The van der Waals surface area contributed by atoms with Gasteiger partial charge in [-0.2, -0.15) is 0 Å². The topological polar surface area (TPSA) is 72.8 Å². The van der Waals surface area contributed by atoms with Crippen molar-refractivity contribution in [3.63, 3.8) is 0 Å². The lowest BCUT2D eigenvalue weighted by Gasteiger charge is -2.15. The van der Waals surface area contributed by atoms with Gasteiger partial charge in [0.25, 0.3) is 0 Å². The van der Waals surface area contributed by atoms with Crippen molar-refractivity contribution in [3.05, 3.63) is 12.2 Å². The number of rotatable bonds is 54. The molecule has 0 aromatic carbocycles. The standard InChI is InChI=1S/C58H112O5/c1-3-5-7-9-11-13-15-17-19-21-23-25-27-29-31-33-35-37-39-41-43-45-47-49-51-53-58(61)63-56(54-59)55-62-57(60)52-50-48-46-44-42-40-38-36-34-32-30-28-26-24-22-20-18-16-14-12-10-8-6-4-2/h21,23,56,59H,3-20,22,24-55H2,1-2H3/b23-21-. The Morgan fingerprint density at radius 3 is 0.857 bits per heavy atom. The molecule has 0 fully saturated rings. The maximum absolute atomic E-state index is 12.3. The second-order valence-corrected chi connectivity index (χ2v) is 19.7. The first-order valence-electron chi connectivity index (χ1n) is 28.7. The third-order valence-electron chi connectivity index (χ3n) is 13.3. The molecule has 63 heavy (non-hydrogen) atoms. The number of hydrogen-bond donors (Lipinski definition) is 1. The highest BCUT2D eigenvalue weighted by Crippen LogP contribution is 2.18. The normalized spacial score (nSPS) is 12.1. The number of carbonyl (C=O) groups is 2. The highest BCUT2D eigenvalue weighted by Gasteiger charge is 2.16. The highest BCUT2D eigenvalue weighted by atomic mass is 16.6. The fourth-order valence-corrected chi connectivity index (χ4v) is 8.97. The van der Waals surface area contributed by atoms with Crippen molar-refractivity contribution in [1.29, 1.82) is 0 Å². The molecule has 0 aliphatic rings. The summed E-state index contributed by atoms with van der Waals surface area (Å²) in [5.41, 5.74) is 0. The summed E-state index contributed by atoms with van der Waals surface area (Å²) in [4.78, 5) is 24.5. The maximum Gasteiger partial charge on any atom is 0.306 e. The summed E-state index contributed by atoms with van der Waals surface area (Å²) < 4.78 is 10.7. The molecule has 0 saturated carbocycles.